The second-order valence-electron chi connectivity index (χ2n) is 6.86. The number of aromatic hydroxyl groups is 5. The molecule has 0 saturated carbocycles. The highest BCUT2D eigenvalue weighted by molar-refractivity contribution is 5.86. The van der Waals surface area contributed by atoms with Crippen LogP contribution < -0.4 is 15.6 Å². The lowest BCUT2D eigenvalue weighted by molar-refractivity contribution is 0.159. The van der Waals surface area contributed by atoms with Gasteiger partial charge in [0.05, 0.1) is 7.11 Å². The second-order valence-corrected chi connectivity index (χ2v) is 6.86. The summed E-state index contributed by atoms with van der Waals surface area (Å²) in [5, 5.41) is 55.5. The van der Waals surface area contributed by atoms with Crippen molar-refractivity contribution in [3.05, 3.63) is 56.2 Å². The van der Waals surface area contributed by atoms with E-state index in [1.807, 2.05) is 0 Å². The van der Waals surface area contributed by atoms with Crippen LogP contribution in [0.3, 0.4) is 0 Å². The number of phenols is 4. The standard InChI is InChI=1S/C12H12O6.C10H8O6/c1-16-5-9-12(17-2)11(15)10-7(14)3-6(13)4-8(10)18-9;11-3-7-9(14)10(15)8-5(13)1-4(12)2-6(8)16-7/h3-4,13-14H,5H2,1-2H3;1-2,11-14H,3H2. The van der Waals surface area contributed by atoms with Gasteiger partial charge in [0.1, 0.15) is 58.2 Å². The molecule has 2 aromatic heterocycles. The number of ether oxygens (including phenoxy) is 2. The summed E-state index contributed by atoms with van der Waals surface area (Å²) in [5.74, 6) is -2.24. The van der Waals surface area contributed by atoms with Gasteiger partial charge in [0.25, 0.3) is 0 Å². The highest BCUT2D eigenvalue weighted by atomic mass is 16.5. The minimum absolute atomic E-state index is 0.0228. The van der Waals surface area contributed by atoms with Gasteiger partial charge in [-0.2, -0.15) is 0 Å². The largest absolute Gasteiger partial charge is 0.508 e. The lowest BCUT2D eigenvalue weighted by Crippen LogP contribution is -2.09. The van der Waals surface area contributed by atoms with Gasteiger partial charge in [-0.1, -0.05) is 0 Å². The van der Waals surface area contributed by atoms with Gasteiger partial charge >= 0.3 is 0 Å². The number of phenolic OH excluding ortho intramolecular Hbond substituents is 4. The lowest BCUT2D eigenvalue weighted by Gasteiger charge is -2.09. The van der Waals surface area contributed by atoms with Gasteiger partial charge in [-0.25, -0.2) is 0 Å². The summed E-state index contributed by atoms with van der Waals surface area (Å²) >= 11 is 0. The molecule has 0 aliphatic carbocycles. The van der Waals surface area contributed by atoms with E-state index in [1.165, 1.54) is 20.3 Å². The Hall–Kier alpha value is -4.42. The number of aliphatic hydroxyl groups is 1. The third-order valence-corrected chi connectivity index (χ3v) is 4.61. The number of methoxy groups -OCH3 is 2. The zero-order valence-electron chi connectivity index (χ0n) is 17.9. The van der Waals surface area contributed by atoms with Crippen molar-refractivity contribution in [2.45, 2.75) is 13.2 Å². The average Bonchev–Trinajstić information content (AvgIpc) is 2.76. The van der Waals surface area contributed by atoms with Crippen LogP contribution in [0.25, 0.3) is 21.9 Å². The summed E-state index contributed by atoms with van der Waals surface area (Å²) in [6, 6.07) is 4.37. The highest BCUT2D eigenvalue weighted by Gasteiger charge is 2.18. The summed E-state index contributed by atoms with van der Waals surface area (Å²) in [5.41, 5.74) is -1.40. The van der Waals surface area contributed by atoms with Crippen molar-refractivity contribution in [2.75, 3.05) is 14.2 Å². The summed E-state index contributed by atoms with van der Waals surface area (Å²) in [6.45, 7) is -0.613. The van der Waals surface area contributed by atoms with Gasteiger partial charge in [0, 0.05) is 31.4 Å². The Balaban J connectivity index is 0.000000192. The van der Waals surface area contributed by atoms with Crippen LogP contribution >= 0.6 is 0 Å². The van der Waals surface area contributed by atoms with Crippen LogP contribution in [0.15, 0.2) is 42.7 Å². The molecule has 0 atom stereocenters. The van der Waals surface area contributed by atoms with Crippen LogP contribution in [0.5, 0.6) is 34.5 Å². The average molecular weight is 476 g/mol. The molecule has 0 saturated heterocycles. The van der Waals surface area contributed by atoms with E-state index < -0.39 is 29.0 Å². The fourth-order valence-corrected chi connectivity index (χ4v) is 3.18. The minimum atomic E-state index is -0.859. The zero-order chi connectivity index (χ0) is 25.2. The molecule has 0 bridgehead atoms. The maximum absolute atomic E-state index is 12.1. The topological polar surface area (TPSA) is 200 Å². The Morgan fingerprint density at radius 2 is 1.26 bits per heavy atom. The van der Waals surface area contributed by atoms with E-state index in [0.29, 0.717) is 0 Å². The molecule has 180 valence electrons. The Kier molecular flexibility index (Phi) is 6.84. The molecule has 0 fully saturated rings. The molecule has 6 N–H and O–H groups in total. The van der Waals surface area contributed by atoms with Gasteiger partial charge in [0.15, 0.2) is 11.5 Å². The fourth-order valence-electron chi connectivity index (χ4n) is 3.18. The number of rotatable bonds is 4. The number of hydrogen-bond donors (Lipinski definition) is 6. The summed E-state index contributed by atoms with van der Waals surface area (Å²) in [6.07, 6.45) is 0. The molecular formula is C22H20O12. The van der Waals surface area contributed by atoms with E-state index in [0.717, 1.165) is 18.2 Å². The first kappa shape index (κ1) is 24.2. The molecule has 0 radical (unpaired) electrons. The number of hydrogen-bond acceptors (Lipinski definition) is 12. The first-order valence-electron chi connectivity index (χ1n) is 9.48. The van der Waals surface area contributed by atoms with E-state index in [4.69, 9.17) is 23.4 Å². The monoisotopic (exact) mass is 476 g/mol. The van der Waals surface area contributed by atoms with Gasteiger partial charge in [-0.3, -0.25) is 9.59 Å². The molecule has 12 nitrogen and oxygen atoms in total. The van der Waals surface area contributed by atoms with Gasteiger partial charge < -0.3 is 48.9 Å². The predicted octanol–water partition coefficient (Wildman–Crippen LogP) is 1.76. The zero-order valence-corrected chi connectivity index (χ0v) is 17.9. The quantitative estimate of drug-likeness (QED) is 0.250. The predicted molar refractivity (Wildman–Crippen MR) is 116 cm³/mol. The van der Waals surface area contributed by atoms with E-state index in [-0.39, 0.29) is 63.1 Å². The molecule has 0 aliphatic rings. The molecule has 0 amide bonds. The molecule has 4 aromatic rings. The van der Waals surface area contributed by atoms with Crippen molar-refractivity contribution in [2.24, 2.45) is 0 Å². The molecular weight excluding hydrogens is 456 g/mol. The van der Waals surface area contributed by atoms with Gasteiger partial charge in [-0.05, 0) is 0 Å². The minimum Gasteiger partial charge on any atom is -0.508 e. The molecule has 2 aromatic carbocycles. The number of benzene rings is 2. The molecule has 12 heteroatoms. The van der Waals surface area contributed by atoms with Crippen LogP contribution in [0.1, 0.15) is 11.5 Å². The summed E-state index contributed by atoms with van der Waals surface area (Å²) < 4.78 is 20.2. The normalized spacial score (nSPS) is 10.8. The first-order valence-corrected chi connectivity index (χ1v) is 9.48. The Labute approximate surface area is 189 Å². The first-order chi connectivity index (χ1) is 16.1. The van der Waals surface area contributed by atoms with Crippen molar-refractivity contribution in [3.8, 4) is 34.5 Å². The third kappa shape index (κ3) is 4.40. The SMILES string of the molecule is COCc1oc2cc(O)cc(O)c2c(=O)c1OC.O=c1c(O)c(CO)oc2cc(O)cc(O)c12. The fraction of sp³-hybridized carbons (Fsp3) is 0.182. The van der Waals surface area contributed by atoms with E-state index in [9.17, 15) is 35.1 Å². The van der Waals surface area contributed by atoms with Crippen LogP contribution in [-0.2, 0) is 18.0 Å². The lowest BCUT2D eigenvalue weighted by atomic mass is 10.2. The van der Waals surface area contributed by atoms with Crippen molar-refractivity contribution in [1.29, 1.82) is 0 Å². The van der Waals surface area contributed by atoms with Gasteiger partial charge in [0.2, 0.25) is 22.4 Å². The maximum Gasteiger partial charge on any atom is 0.238 e. The molecule has 2 heterocycles. The van der Waals surface area contributed by atoms with E-state index in [1.54, 1.807) is 0 Å². The van der Waals surface area contributed by atoms with Crippen molar-refractivity contribution >= 4 is 21.9 Å². The summed E-state index contributed by atoms with van der Waals surface area (Å²) in [7, 11) is 2.78. The third-order valence-electron chi connectivity index (χ3n) is 4.61. The molecule has 0 unspecified atom stereocenters. The number of fused-ring (bicyclic) bond motifs is 2. The van der Waals surface area contributed by atoms with Crippen LogP contribution in [0.2, 0.25) is 0 Å². The van der Waals surface area contributed by atoms with Gasteiger partial charge in [-0.15, -0.1) is 0 Å². The Morgan fingerprint density at radius 3 is 1.74 bits per heavy atom. The van der Waals surface area contributed by atoms with Crippen LogP contribution in [-0.4, -0.2) is 44.9 Å². The van der Waals surface area contributed by atoms with E-state index in [2.05, 4.69) is 0 Å². The van der Waals surface area contributed by atoms with Crippen molar-refractivity contribution in [3.63, 3.8) is 0 Å². The smallest absolute Gasteiger partial charge is 0.238 e. The number of aliphatic hydroxyl groups excluding tert-OH is 1. The second kappa shape index (κ2) is 9.60. The molecule has 0 spiro atoms. The Morgan fingerprint density at radius 1 is 0.765 bits per heavy atom. The molecule has 34 heavy (non-hydrogen) atoms. The maximum atomic E-state index is 12.1. The summed E-state index contributed by atoms with van der Waals surface area (Å²) in [4.78, 5) is 23.7. The van der Waals surface area contributed by atoms with Crippen molar-refractivity contribution in [1.82, 2.24) is 0 Å². The van der Waals surface area contributed by atoms with Crippen LogP contribution in [0, 0.1) is 0 Å². The van der Waals surface area contributed by atoms with E-state index >= 15 is 0 Å². The van der Waals surface area contributed by atoms with Crippen LogP contribution in [0.4, 0.5) is 0 Å². The molecule has 0 aliphatic heterocycles. The Bertz CT molecular complexity index is 1480. The van der Waals surface area contributed by atoms with Crippen molar-refractivity contribution < 1.29 is 48.9 Å². The molecule has 4 rings (SSSR count). The highest BCUT2D eigenvalue weighted by Crippen LogP contribution is 2.31.